The van der Waals surface area contributed by atoms with Gasteiger partial charge in [-0.15, -0.1) is 0 Å². The van der Waals surface area contributed by atoms with Crippen LogP contribution in [-0.2, 0) is 4.79 Å². The summed E-state index contributed by atoms with van der Waals surface area (Å²) in [5, 5.41) is 6.32. The Hall–Kier alpha value is -2.89. The maximum absolute atomic E-state index is 13.1. The molecule has 2 bridgehead atoms. The van der Waals surface area contributed by atoms with E-state index in [2.05, 4.69) is 15.6 Å². The van der Waals surface area contributed by atoms with Gasteiger partial charge in [-0.2, -0.15) is 0 Å². The molecule has 3 fully saturated rings. The average molecular weight is 391 g/mol. The summed E-state index contributed by atoms with van der Waals surface area (Å²) in [6, 6.07) is 11.2. The number of nitrogens with zero attached hydrogens (tertiary/aromatic N) is 1. The third kappa shape index (κ3) is 3.07. The number of hydrogen-bond donors (Lipinski definition) is 2. The molecule has 0 unspecified atom stereocenters. The smallest absolute Gasteiger partial charge is 0.258 e. The lowest BCUT2D eigenvalue weighted by atomic mass is 9.60. The lowest BCUT2D eigenvalue weighted by Crippen LogP contribution is -2.66. The van der Waals surface area contributed by atoms with E-state index in [9.17, 15) is 9.59 Å². The first kappa shape index (κ1) is 18.2. The Morgan fingerprint density at radius 3 is 2.79 bits per heavy atom. The van der Waals surface area contributed by atoms with Crippen molar-refractivity contribution in [1.29, 1.82) is 0 Å². The van der Waals surface area contributed by atoms with Crippen molar-refractivity contribution in [3.63, 3.8) is 0 Å². The van der Waals surface area contributed by atoms with Gasteiger partial charge >= 0.3 is 0 Å². The van der Waals surface area contributed by atoms with Gasteiger partial charge in [0.25, 0.3) is 5.91 Å². The van der Waals surface area contributed by atoms with Crippen molar-refractivity contribution in [2.24, 2.45) is 17.8 Å². The largest absolute Gasteiger partial charge is 0.467 e. The summed E-state index contributed by atoms with van der Waals surface area (Å²) in [6.07, 6.45) is 6.86. The molecule has 1 spiro atoms. The van der Waals surface area contributed by atoms with Gasteiger partial charge in [0, 0.05) is 30.7 Å². The van der Waals surface area contributed by atoms with Gasteiger partial charge in [-0.3, -0.25) is 14.6 Å². The highest BCUT2D eigenvalue weighted by Crippen LogP contribution is 2.52. The number of para-hydroxylation sites is 1. The number of fused-ring (bicyclic) bond motifs is 3. The second-order valence-corrected chi connectivity index (χ2v) is 8.53. The van der Waals surface area contributed by atoms with E-state index in [0.29, 0.717) is 17.7 Å². The SMILES string of the molecule is C[C@H](NC(=O)[C@H]1C[C@H]2CC[C@H]1C[C@]21NC(=O)c2ccccc2O1)c1ccncc1. The molecule has 3 aliphatic carbocycles. The van der Waals surface area contributed by atoms with Gasteiger partial charge in [0.2, 0.25) is 5.91 Å². The fraction of sp³-hybridized carbons (Fsp3) is 0.435. The highest BCUT2D eigenvalue weighted by molar-refractivity contribution is 5.98. The molecule has 2 heterocycles. The van der Waals surface area contributed by atoms with Crippen molar-refractivity contribution in [3.05, 3.63) is 59.9 Å². The number of pyridine rings is 1. The van der Waals surface area contributed by atoms with E-state index in [4.69, 9.17) is 4.74 Å². The first-order valence-corrected chi connectivity index (χ1v) is 10.4. The minimum Gasteiger partial charge on any atom is -0.467 e. The van der Waals surface area contributed by atoms with E-state index in [-0.39, 0.29) is 35.6 Å². The topological polar surface area (TPSA) is 80.3 Å². The molecule has 2 amide bonds. The van der Waals surface area contributed by atoms with E-state index in [0.717, 1.165) is 24.8 Å². The molecule has 3 saturated carbocycles. The van der Waals surface area contributed by atoms with Crippen molar-refractivity contribution in [3.8, 4) is 5.75 Å². The maximum Gasteiger partial charge on any atom is 0.258 e. The molecule has 2 N–H and O–H groups in total. The average Bonchev–Trinajstić information content (AvgIpc) is 2.74. The highest BCUT2D eigenvalue weighted by atomic mass is 16.5. The number of rotatable bonds is 3. The van der Waals surface area contributed by atoms with Crippen LogP contribution in [0.5, 0.6) is 5.75 Å². The van der Waals surface area contributed by atoms with Crippen LogP contribution in [0.15, 0.2) is 48.8 Å². The molecule has 0 radical (unpaired) electrons. The van der Waals surface area contributed by atoms with Crippen LogP contribution in [0.4, 0.5) is 0 Å². The zero-order valence-electron chi connectivity index (χ0n) is 16.4. The monoisotopic (exact) mass is 391 g/mol. The molecule has 150 valence electrons. The summed E-state index contributed by atoms with van der Waals surface area (Å²) in [5.41, 5.74) is 0.951. The maximum atomic E-state index is 13.1. The van der Waals surface area contributed by atoms with Crippen LogP contribution in [0.25, 0.3) is 0 Å². The molecular weight excluding hydrogens is 366 g/mol. The molecule has 6 nitrogen and oxygen atoms in total. The predicted molar refractivity (Wildman–Crippen MR) is 107 cm³/mol. The Bertz CT molecular complexity index is 947. The summed E-state index contributed by atoms with van der Waals surface area (Å²) in [5.74, 6) is 0.970. The first-order valence-electron chi connectivity index (χ1n) is 10.4. The fourth-order valence-corrected chi connectivity index (χ4v) is 5.34. The molecule has 1 aliphatic heterocycles. The zero-order chi connectivity index (χ0) is 20.0. The number of carbonyl (C=O) groups excluding carboxylic acids is 2. The number of benzene rings is 1. The molecule has 2 aromatic rings. The van der Waals surface area contributed by atoms with E-state index in [1.54, 1.807) is 18.5 Å². The van der Waals surface area contributed by atoms with Crippen molar-refractivity contribution >= 4 is 11.8 Å². The van der Waals surface area contributed by atoms with Gasteiger partial charge in [0.15, 0.2) is 5.72 Å². The zero-order valence-corrected chi connectivity index (χ0v) is 16.4. The third-order valence-corrected chi connectivity index (χ3v) is 6.87. The van der Waals surface area contributed by atoms with Crippen LogP contribution >= 0.6 is 0 Å². The van der Waals surface area contributed by atoms with Gasteiger partial charge < -0.3 is 15.4 Å². The third-order valence-electron chi connectivity index (χ3n) is 6.87. The lowest BCUT2D eigenvalue weighted by molar-refractivity contribution is -0.147. The first-order chi connectivity index (χ1) is 14.1. The second kappa shape index (κ2) is 6.87. The van der Waals surface area contributed by atoms with Gasteiger partial charge in [-0.05, 0) is 61.9 Å². The second-order valence-electron chi connectivity index (χ2n) is 8.53. The highest BCUT2D eigenvalue weighted by Gasteiger charge is 2.57. The molecule has 4 aliphatic rings. The number of ether oxygens (including phenoxy) is 1. The van der Waals surface area contributed by atoms with Crippen LogP contribution in [0.3, 0.4) is 0 Å². The van der Waals surface area contributed by atoms with Crippen LogP contribution in [0.1, 0.15) is 54.6 Å². The standard InChI is InChI=1S/C23H25N3O3/c1-14(15-8-10-24-11-9-15)25-21(27)19-12-17-7-6-16(19)13-23(17)26-22(28)18-4-2-3-5-20(18)29-23/h2-5,8-11,14,16-17,19H,6-7,12-13H2,1H3,(H,25,27)(H,26,28)/t14-,16-,17+,19-,23+/m0/s1. The Morgan fingerprint density at radius 2 is 2.03 bits per heavy atom. The molecule has 5 atom stereocenters. The Morgan fingerprint density at radius 1 is 1.24 bits per heavy atom. The lowest BCUT2D eigenvalue weighted by Gasteiger charge is -2.55. The number of aromatic nitrogens is 1. The minimum absolute atomic E-state index is 0.0404. The number of hydrogen-bond acceptors (Lipinski definition) is 4. The van der Waals surface area contributed by atoms with Crippen molar-refractivity contribution < 1.29 is 14.3 Å². The summed E-state index contributed by atoms with van der Waals surface area (Å²) in [7, 11) is 0. The molecule has 1 aromatic heterocycles. The van der Waals surface area contributed by atoms with E-state index >= 15 is 0 Å². The number of nitrogens with one attached hydrogen (secondary N) is 2. The van der Waals surface area contributed by atoms with E-state index < -0.39 is 5.72 Å². The summed E-state index contributed by atoms with van der Waals surface area (Å²) in [4.78, 5) is 29.8. The summed E-state index contributed by atoms with van der Waals surface area (Å²) >= 11 is 0. The normalized spacial score (nSPS) is 30.8. The van der Waals surface area contributed by atoms with Gasteiger partial charge in [0.1, 0.15) is 5.75 Å². The van der Waals surface area contributed by atoms with Crippen LogP contribution in [-0.4, -0.2) is 22.5 Å². The fourth-order valence-electron chi connectivity index (χ4n) is 5.34. The molecule has 6 heteroatoms. The Labute approximate surface area is 170 Å². The van der Waals surface area contributed by atoms with E-state index in [1.807, 2.05) is 37.3 Å². The molecule has 1 aromatic carbocycles. The van der Waals surface area contributed by atoms with Crippen molar-refractivity contribution in [2.45, 2.75) is 44.4 Å². The van der Waals surface area contributed by atoms with Gasteiger partial charge in [0.05, 0.1) is 11.6 Å². The summed E-state index contributed by atoms with van der Waals surface area (Å²) < 4.78 is 6.37. The van der Waals surface area contributed by atoms with Gasteiger partial charge in [-0.1, -0.05) is 12.1 Å². The van der Waals surface area contributed by atoms with Gasteiger partial charge in [-0.25, -0.2) is 0 Å². The molecule has 0 saturated heterocycles. The summed E-state index contributed by atoms with van der Waals surface area (Å²) in [6.45, 7) is 2.00. The van der Waals surface area contributed by atoms with Crippen LogP contribution < -0.4 is 15.4 Å². The van der Waals surface area contributed by atoms with E-state index in [1.165, 1.54) is 0 Å². The van der Waals surface area contributed by atoms with Crippen molar-refractivity contribution in [1.82, 2.24) is 15.6 Å². The minimum atomic E-state index is -0.679. The molecular formula is C23H25N3O3. The van der Waals surface area contributed by atoms with Crippen LogP contribution in [0.2, 0.25) is 0 Å². The van der Waals surface area contributed by atoms with Crippen molar-refractivity contribution in [2.75, 3.05) is 0 Å². The number of amides is 2. The predicted octanol–water partition coefficient (Wildman–Crippen LogP) is 3.21. The number of carbonyl (C=O) groups is 2. The molecule has 29 heavy (non-hydrogen) atoms. The molecule has 6 rings (SSSR count). The quantitative estimate of drug-likeness (QED) is 0.842. The Balaban J connectivity index is 1.32. The Kier molecular flexibility index (Phi) is 4.30. The van der Waals surface area contributed by atoms with Crippen LogP contribution in [0, 0.1) is 17.8 Å².